The van der Waals surface area contributed by atoms with Gasteiger partial charge in [-0.2, -0.15) is 14.6 Å². The minimum atomic E-state index is -0.549. The molecular formula is C22H17ClFN3O3S. The van der Waals surface area contributed by atoms with Crippen LogP contribution in [-0.4, -0.2) is 21.2 Å². The molecule has 0 spiro atoms. The number of aromatic nitrogens is 3. The molecule has 2 heterocycles. The average Bonchev–Trinajstić information content (AvgIpc) is 3.05. The van der Waals surface area contributed by atoms with E-state index in [0.717, 1.165) is 33.6 Å². The second-order valence-electron chi connectivity index (χ2n) is 6.78. The first-order chi connectivity index (χ1) is 15.0. The number of hydrogen-bond acceptors (Lipinski definition) is 6. The molecule has 158 valence electrons. The van der Waals surface area contributed by atoms with Crippen LogP contribution < -0.4 is 20.4 Å². The largest absolute Gasteiger partial charge is 0.494 e. The summed E-state index contributed by atoms with van der Waals surface area (Å²) in [6, 6.07) is 11.6. The third-order valence-electron chi connectivity index (χ3n) is 4.49. The molecule has 2 aromatic heterocycles. The van der Waals surface area contributed by atoms with Crippen LogP contribution in [0, 0.1) is 5.82 Å². The van der Waals surface area contributed by atoms with Gasteiger partial charge in [0.25, 0.3) is 11.1 Å². The molecule has 0 aliphatic carbocycles. The first-order valence-corrected chi connectivity index (χ1v) is 10.8. The summed E-state index contributed by atoms with van der Waals surface area (Å²) in [6.45, 7) is 2.66. The van der Waals surface area contributed by atoms with E-state index >= 15 is 0 Å². The van der Waals surface area contributed by atoms with Gasteiger partial charge in [-0.05, 0) is 42.3 Å². The topological polar surface area (TPSA) is 73.6 Å². The second kappa shape index (κ2) is 8.95. The highest BCUT2D eigenvalue weighted by Crippen LogP contribution is 2.19. The molecule has 0 fully saturated rings. The number of ether oxygens (including phenoxy) is 1. The van der Waals surface area contributed by atoms with E-state index in [1.54, 1.807) is 0 Å². The van der Waals surface area contributed by atoms with Crippen molar-refractivity contribution in [3.05, 3.63) is 95.4 Å². The Kier molecular flexibility index (Phi) is 6.11. The van der Waals surface area contributed by atoms with E-state index in [4.69, 9.17) is 16.3 Å². The fourth-order valence-corrected chi connectivity index (χ4v) is 4.05. The summed E-state index contributed by atoms with van der Waals surface area (Å²) in [7, 11) is 0. The molecule has 4 aromatic rings. The second-order valence-corrected chi connectivity index (χ2v) is 8.19. The van der Waals surface area contributed by atoms with E-state index in [0.29, 0.717) is 6.61 Å². The molecule has 31 heavy (non-hydrogen) atoms. The quantitative estimate of drug-likeness (QED) is 0.444. The summed E-state index contributed by atoms with van der Waals surface area (Å²) in [4.78, 5) is 29.3. The van der Waals surface area contributed by atoms with Gasteiger partial charge in [-0.1, -0.05) is 48.1 Å². The van der Waals surface area contributed by atoms with Gasteiger partial charge in [-0.15, -0.1) is 0 Å². The number of benzene rings is 2. The lowest BCUT2D eigenvalue weighted by molar-refractivity contribution is 0.317. The lowest BCUT2D eigenvalue weighted by Crippen LogP contribution is -2.28. The van der Waals surface area contributed by atoms with Gasteiger partial charge in [0, 0.05) is 12.0 Å². The Hall–Kier alpha value is -3.10. The maximum Gasteiger partial charge on any atom is 0.296 e. The van der Waals surface area contributed by atoms with E-state index in [1.807, 2.05) is 31.2 Å². The van der Waals surface area contributed by atoms with Crippen LogP contribution in [0.15, 0.2) is 52.1 Å². The normalized spacial score (nSPS) is 11.9. The third kappa shape index (κ3) is 4.50. The van der Waals surface area contributed by atoms with Crippen LogP contribution >= 0.6 is 22.9 Å². The number of thiazole rings is 1. The smallest absolute Gasteiger partial charge is 0.296 e. The summed E-state index contributed by atoms with van der Waals surface area (Å²) in [5.41, 5.74) is 0.0775. The molecule has 6 nitrogen and oxygen atoms in total. The van der Waals surface area contributed by atoms with Crippen LogP contribution in [0.1, 0.15) is 30.2 Å². The fraction of sp³-hybridized carbons (Fsp3) is 0.182. The van der Waals surface area contributed by atoms with Gasteiger partial charge in [-0.25, -0.2) is 4.39 Å². The molecule has 0 atom stereocenters. The van der Waals surface area contributed by atoms with Gasteiger partial charge in [0.2, 0.25) is 4.96 Å². The Morgan fingerprint density at radius 1 is 1.19 bits per heavy atom. The predicted molar refractivity (Wildman–Crippen MR) is 119 cm³/mol. The van der Waals surface area contributed by atoms with Crippen molar-refractivity contribution in [3.63, 3.8) is 0 Å². The Morgan fingerprint density at radius 3 is 2.68 bits per heavy atom. The van der Waals surface area contributed by atoms with Gasteiger partial charge in [0.1, 0.15) is 17.3 Å². The maximum absolute atomic E-state index is 14.1. The highest BCUT2D eigenvalue weighted by atomic mass is 35.5. The molecule has 4 rings (SSSR count). The highest BCUT2D eigenvalue weighted by molar-refractivity contribution is 7.15. The molecule has 0 bridgehead atoms. The van der Waals surface area contributed by atoms with Crippen molar-refractivity contribution in [2.24, 2.45) is 0 Å². The van der Waals surface area contributed by atoms with Crippen molar-refractivity contribution in [1.29, 1.82) is 0 Å². The molecule has 2 aromatic carbocycles. The van der Waals surface area contributed by atoms with E-state index in [1.165, 1.54) is 24.3 Å². The van der Waals surface area contributed by atoms with Crippen molar-refractivity contribution in [3.8, 4) is 5.75 Å². The van der Waals surface area contributed by atoms with Gasteiger partial charge in [0.05, 0.1) is 16.2 Å². The molecule has 0 aliphatic heterocycles. The summed E-state index contributed by atoms with van der Waals surface area (Å²) in [5.74, 6) is 0.197. The maximum atomic E-state index is 14.1. The Morgan fingerprint density at radius 2 is 1.97 bits per heavy atom. The molecule has 0 unspecified atom stereocenters. The van der Waals surface area contributed by atoms with Crippen LogP contribution in [0.4, 0.5) is 4.39 Å². The zero-order valence-electron chi connectivity index (χ0n) is 16.5. The minimum Gasteiger partial charge on any atom is -0.494 e. The summed E-state index contributed by atoms with van der Waals surface area (Å²) < 4.78 is 20.9. The number of hydrogen-bond donors (Lipinski definition) is 0. The minimum absolute atomic E-state index is 0.0985. The van der Waals surface area contributed by atoms with E-state index < -0.39 is 16.9 Å². The van der Waals surface area contributed by atoms with Crippen LogP contribution in [0.3, 0.4) is 0 Å². The number of halogens is 2. The summed E-state index contributed by atoms with van der Waals surface area (Å²) >= 11 is 7.00. The van der Waals surface area contributed by atoms with Crippen molar-refractivity contribution in [2.45, 2.75) is 19.8 Å². The molecule has 0 amide bonds. The first kappa shape index (κ1) is 21.1. The molecule has 0 N–H and O–H groups in total. The lowest BCUT2D eigenvalue weighted by Gasteiger charge is -2.05. The monoisotopic (exact) mass is 457 g/mol. The summed E-state index contributed by atoms with van der Waals surface area (Å²) in [5, 5.41) is 4.39. The van der Waals surface area contributed by atoms with E-state index in [2.05, 4.69) is 10.1 Å². The van der Waals surface area contributed by atoms with Crippen molar-refractivity contribution in [2.75, 3.05) is 6.61 Å². The third-order valence-corrected chi connectivity index (χ3v) is 5.78. The van der Waals surface area contributed by atoms with Crippen LogP contribution in [0.2, 0.25) is 5.02 Å². The van der Waals surface area contributed by atoms with Gasteiger partial charge in [-0.3, -0.25) is 9.59 Å². The van der Waals surface area contributed by atoms with Crippen molar-refractivity contribution in [1.82, 2.24) is 14.6 Å². The van der Waals surface area contributed by atoms with Gasteiger partial charge in [0.15, 0.2) is 0 Å². The molecule has 0 saturated carbocycles. The van der Waals surface area contributed by atoms with Crippen molar-refractivity contribution >= 4 is 34.0 Å². The predicted octanol–water partition coefficient (Wildman–Crippen LogP) is 3.23. The van der Waals surface area contributed by atoms with Gasteiger partial charge >= 0.3 is 0 Å². The lowest BCUT2D eigenvalue weighted by atomic mass is 10.1. The molecular weight excluding hydrogens is 441 g/mol. The average molecular weight is 458 g/mol. The Bertz CT molecular complexity index is 1400. The van der Waals surface area contributed by atoms with Crippen LogP contribution in [0.25, 0.3) is 11.0 Å². The molecule has 0 aliphatic rings. The van der Waals surface area contributed by atoms with Crippen LogP contribution in [0.5, 0.6) is 5.75 Å². The standard InChI is InChI=1S/C22H17ClFN3O3S/c1-2-10-30-14-8-6-13(7-9-14)11-18-20(28)25-22-27(26-18)21(29)19(31-22)12-15-16(23)4-3-5-17(15)24/h3-9,12H,2,10-11H2,1H3/b19-12-. The zero-order chi connectivity index (χ0) is 22.0. The number of fused-ring (bicyclic) bond motifs is 1. The van der Waals surface area contributed by atoms with E-state index in [9.17, 15) is 14.0 Å². The van der Waals surface area contributed by atoms with Crippen LogP contribution in [-0.2, 0) is 6.42 Å². The first-order valence-electron chi connectivity index (χ1n) is 9.56. The summed E-state index contributed by atoms with van der Waals surface area (Å²) in [6.07, 6.45) is 2.48. The molecule has 0 saturated heterocycles. The zero-order valence-corrected chi connectivity index (χ0v) is 18.0. The van der Waals surface area contributed by atoms with Crippen molar-refractivity contribution < 1.29 is 9.13 Å². The fourth-order valence-electron chi connectivity index (χ4n) is 2.95. The van der Waals surface area contributed by atoms with Gasteiger partial charge < -0.3 is 4.74 Å². The highest BCUT2D eigenvalue weighted by Gasteiger charge is 2.13. The molecule has 0 radical (unpaired) electrons. The Labute approximate surface area is 185 Å². The molecule has 9 heteroatoms. The van der Waals surface area contributed by atoms with E-state index in [-0.39, 0.29) is 32.2 Å². The SMILES string of the molecule is CCCOc1ccc(Cc2nn3c(=O)/c(=C/c4c(F)cccc4Cl)sc3nc2=O)cc1. The Balaban J connectivity index is 1.71. The number of rotatable bonds is 6. The number of nitrogens with zero attached hydrogens (tertiary/aromatic N) is 3.